The highest BCUT2D eigenvalue weighted by Crippen LogP contribution is 2.20. The molecule has 0 radical (unpaired) electrons. The van der Waals surface area contributed by atoms with E-state index in [-0.39, 0.29) is 29.7 Å². The molecule has 2 saturated heterocycles. The van der Waals surface area contributed by atoms with Gasteiger partial charge < -0.3 is 23.8 Å². The first-order valence-electron chi connectivity index (χ1n) is 8.51. The van der Waals surface area contributed by atoms with Gasteiger partial charge in [-0.3, -0.25) is 14.4 Å². The van der Waals surface area contributed by atoms with Crippen LogP contribution in [0.4, 0.5) is 0 Å². The maximum Gasteiger partial charge on any atom is 0.293 e. The number of rotatable bonds is 4. The van der Waals surface area contributed by atoms with Crippen LogP contribution in [0.1, 0.15) is 12.8 Å². The van der Waals surface area contributed by atoms with Crippen molar-refractivity contribution in [3.05, 3.63) is 28.7 Å². The highest BCUT2D eigenvalue weighted by molar-refractivity contribution is 5.88. The summed E-state index contributed by atoms with van der Waals surface area (Å²) in [5.74, 6) is -0.0516. The molecular formula is C17H23N3O5. The van der Waals surface area contributed by atoms with E-state index in [1.54, 1.807) is 28.1 Å². The fraction of sp³-hybridized carbons (Fsp3) is 0.588. The highest BCUT2D eigenvalue weighted by atomic mass is 16.5. The molecule has 2 aliphatic rings. The number of methoxy groups -OCH3 is 1. The van der Waals surface area contributed by atoms with Gasteiger partial charge in [-0.2, -0.15) is 0 Å². The molecular weight excluding hydrogens is 326 g/mol. The van der Waals surface area contributed by atoms with Gasteiger partial charge in [0.05, 0.1) is 20.3 Å². The summed E-state index contributed by atoms with van der Waals surface area (Å²) in [6, 6.07) is 2.78. The van der Waals surface area contributed by atoms with Crippen LogP contribution in [0.25, 0.3) is 0 Å². The van der Waals surface area contributed by atoms with Crippen molar-refractivity contribution in [1.29, 1.82) is 0 Å². The summed E-state index contributed by atoms with van der Waals surface area (Å²) in [5, 5.41) is 0. The lowest BCUT2D eigenvalue weighted by Gasteiger charge is -2.32. The molecule has 0 N–H and O–H groups in total. The molecule has 2 amide bonds. The number of morpholine rings is 1. The minimum atomic E-state index is -0.438. The van der Waals surface area contributed by atoms with Crippen LogP contribution in [0.15, 0.2) is 23.1 Å². The average Bonchev–Trinajstić information content (AvgIpc) is 3.13. The van der Waals surface area contributed by atoms with E-state index in [2.05, 4.69) is 0 Å². The number of amides is 2. The summed E-state index contributed by atoms with van der Waals surface area (Å²) in [6.45, 7) is 2.64. The molecule has 2 aliphatic heterocycles. The molecule has 25 heavy (non-hydrogen) atoms. The largest absolute Gasteiger partial charge is 0.491 e. The van der Waals surface area contributed by atoms with Crippen molar-refractivity contribution >= 4 is 11.8 Å². The summed E-state index contributed by atoms with van der Waals surface area (Å²) in [6.07, 6.45) is 3.01. The summed E-state index contributed by atoms with van der Waals surface area (Å²) in [5.41, 5.74) is -0.353. The molecule has 0 saturated carbocycles. The first-order chi connectivity index (χ1) is 12.1. The fourth-order valence-corrected chi connectivity index (χ4v) is 3.35. The zero-order valence-electron chi connectivity index (χ0n) is 14.3. The number of hydrogen-bond donors (Lipinski definition) is 0. The quantitative estimate of drug-likeness (QED) is 0.746. The van der Waals surface area contributed by atoms with E-state index in [0.717, 1.165) is 6.42 Å². The first kappa shape index (κ1) is 17.5. The summed E-state index contributed by atoms with van der Waals surface area (Å²) in [4.78, 5) is 41.0. The van der Waals surface area contributed by atoms with Crippen LogP contribution in [0.2, 0.25) is 0 Å². The van der Waals surface area contributed by atoms with Crippen LogP contribution in [0.5, 0.6) is 5.75 Å². The van der Waals surface area contributed by atoms with Gasteiger partial charge in [-0.25, -0.2) is 0 Å². The molecule has 8 heteroatoms. The number of nitrogens with zero attached hydrogens (tertiary/aromatic N) is 3. The molecule has 0 aliphatic carbocycles. The monoisotopic (exact) mass is 349 g/mol. The third-order valence-corrected chi connectivity index (χ3v) is 4.69. The molecule has 136 valence electrons. The van der Waals surface area contributed by atoms with Gasteiger partial charge in [0.15, 0.2) is 5.75 Å². The van der Waals surface area contributed by atoms with Crippen LogP contribution in [-0.4, -0.2) is 72.2 Å². The zero-order chi connectivity index (χ0) is 17.8. The smallest absolute Gasteiger partial charge is 0.293 e. The fourth-order valence-electron chi connectivity index (χ4n) is 3.35. The number of carbonyl (C=O) groups is 2. The maximum atomic E-state index is 12.7. The van der Waals surface area contributed by atoms with Crippen molar-refractivity contribution in [2.24, 2.45) is 0 Å². The Morgan fingerprint density at radius 3 is 2.76 bits per heavy atom. The van der Waals surface area contributed by atoms with Crippen LogP contribution in [0, 0.1) is 0 Å². The third-order valence-electron chi connectivity index (χ3n) is 4.69. The van der Waals surface area contributed by atoms with E-state index in [1.165, 1.54) is 11.7 Å². The van der Waals surface area contributed by atoms with Gasteiger partial charge in [0.25, 0.3) is 5.56 Å². The van der Waals surface area contributed by atoms with Gasteiger partial charge in [-0.05, 0) is 25.0 Å². The molecule has 1 aromatic rings. The lowest BCUT2D eigenvalue weighted by atomic mass is 10.2. The molecule has 3 heterocycles. The van der Waals surface area contributed by atoms with Gasteiger partial charge in [0, 0.05) is 25.8 Å². The Hall–Kier alpha value is -2.35. The lowest BCUT2D eigenvalue weighted by molar-refractivity contribution is -0.146. The van der Waals surface area contributed by atoms with Crippen LogP contribution in [0.3, 0.4) is 0 Å². The van der Waals surface area contributed by atoms with Crippen LogP contribution < -0.4 is 10.3 Å². The molecule has 2 fully saturated rings. The third kappa shape index (κ3) is 3.68. The molecule has 0 spiro atoms. The van der Waals surface area contributed by atoms with Crippen LogP contribution in [-0.2, 0) is 20.9 Å². The van der Waals surface area contributed by atoms with E-state index in [4.69, 9.17) is 9.47 Å². The second-order valence-corrected chi connectivity index (χ2v) is 6.19. The number of hydrogen-bond acceptors (Lipinski definition) is 5. The van der Waals surface area contributed by atoms with Gasteiger partial charge in [0.1, 0.15) is 12.6 Å². The van der Waals surface area contributed by atoms with Gasteiger partial charge in [-0.1, -0.05) is 0 Å². The topological polar surface area (TPSA) is 81.1 Å². The standard InChI is InChI=1S/C17H23N3O5/c1-24-14-5-3-6-19(17(14)23)12-15(21)20-7-2-4-13(20)16(22)18-8-10-25-11-9-18/h3,5-6,13H,2,4,7-12H2,1H3. The molecule has 3 rings (SSSR count). The maximum absolute atomic E-state index is 12.7. The van der Waals surface area contributed by atoms with Crippen molar-refractivity contribution in [3.8, 4) is 5.75 Å². The van der Waals surface area contributed by atoms with Crippen LogP contribution >= 0.6 is 0 Å². The van der Waals surface area contributed by atoms with Crippen molar-refractivity contribution in [2.75, 3.05) is 40.0 Å². The van der Waals surface area contributed by atoms with Gasteiger partial charge in [-0.15, -0.1) is 0 Å². The number of aromatic nitrogens is 1. The second kappa shape index (κ2) is 7.69. The zero-order valence-corrected chi connectivity index (χ0v) is 14.3. The number of ether oxygens (including phenoxy) is 2. The second-order valence-electron chi connectivity index (χ2n) is 6.19. The average molecular weight is 349 g/mol. The normalized spacial score (nSPS) is 20.6. The van der Waals surface area contributed by atoms with E-state index < -0.39 is 6.04 Å². The molecule has 1 aromatic heterocycles. The predicted octanol–water partition coefficient (Wildman–Crippen LogP) is -0.293. The SMILES string of the molecule is COc1cccn(CC(=O)N2CCCC2C(=O)N2CCOCC2)c1=O. The molecule has 1 unspecified atom stereocenters. The first-order valence-corrected chi connectivity index (χ1v) is 8.51. The lowest BCUT2D eigenvalue weighted by Crippen LogP contribution is -2.51. The minimum Gasteiger partial charge on any atom is -0.491 e. The Kier molecular flexibility index (Phi) is 5.37. The molecule has 0 bridgehead atoms. The highest BCUT2D eigenvalue weighted by Gasteiger charge is 2.36. The Morgan fingerprint density at radius 1 is 1.28 bits per heavy atom. The summed E-state index contributed by atoms with van der Waals surface area (Å²) < 4.78 is 11.6. The Bertz CT molecular complexity index is 696. The van der Waals surface area contributed by atoms with Crippen molar-refractivity contribution in [1.82, 2.24) is 14.4 Å². The number of pyridine rings is 1. The minimum absolute atomic E-state index is 0.0212. The van der Waals surface area contributed by atoms with Gasteiger partial charge in [0.2, 0.25) is 11.8 Å². The summed E-state index contributed by atoms with van der Waals surface area (Å²) >= 11 is 0. The molecule has 8 nitrogen and oxygen atoms in total. The van der Waals surface area contributed by atoms with E-state index in [9.17, 15) is 14.4 Å². The van der Waals surface area contributed by atoms with Crippen molar-refractivity contribution in [2.45, 2.75) is 25.4 Å². The Balaban J connectivity index is 1.70. The van der Waals surface area contributed by atoms with E-state index in [0.29, 0.717) is 39.3 Å². The van der Waals surface area contributed by atoms with Gasteiger partial charge >= 0.3 is 0 Å². The Morgan fingerprint density at radius 2 is 2.04 bits per heavy atom. The van der Waals surface area contributed by atoms with E-state index in [1.807, 2.05) is 0 Å². The number of likely N-dealkylation sites (tertiary alicyclic amines) is 1. The van der Waals surface area contributed by atoms with E-state index >= 15 is 0 Å². The molecule has 1 atom stereocenters. The van der Waals surface area contributed by atoms with Crippen molar-refractivity contribution < 1.29 is 19.1 Å². The predicted molar refractivity (Wildman–Crippen MR) is 89.4 cm³/mol. The Labute approximate surface area is 145 Å². The summed E-state index contributed by atoms with van der Waals surface area (Å²) in [7, 11) is 1.42. The van der Waals surface area contributed by atoms with Crippen molar-refractivity contribution in [3.63, 3.8) is 0 Å². The molecule has 0 aromatic carbocycles. The number of carbonyl (C=O) groups excluding carboxylic acids is 2.